The number of hydrogen-bond donors (Lipinski definition) is 3. The second kappa shape index (κ2) is 6.27. The molecule has 0 saturated heterocycles. The first-order valence-corrected chi connectivity index (χ1v) is 8.73. The van der Waals surface area contributed by atoms with E-state index in [0.717, 1.165) is 36.3 Å². The second-order valence-electron chi connectivity index (χ2n) is 7.30. The van der Waals surface area contributed by atoms with Crippen molar-refractivity contribution >= 4 is 5.91 Å². The topological polar surface area (TPSA) is 99.1 Å². The van der Waals surface area contributed by atoms with E-state index in [1.807, 2.05) is 20.3 Å². The zero-order valence-electron chi connectivity index (χ0n) is 14.6. The van der Waals surface area contributed by atoms with Crippen LogP contribution in [-0.2, 0) is 20.0 Å². The molecule has 8 heteroatoms. The summed E-state index contributed by atoms with van der Waals surface area (Å²) in [6, 6.07) is -0.154. The molecule has 0 bridgehead atoms. The van der Waals surface area contributed by atoms with Crippen molar-refractivity contribution in [3.8, 4) is 0 Å². The fourth-order valence-corrected chi connectivity index (χ4v) is 3.80. The Hall–Kier alpha value is -2.19. The van der Waals surface area contributed by atoms with Crippen LogP contribution in [0.4, 0.5) is 0 Å². The van der Waals surface area contributed by atoms with Gasteiger partial charge in [0.05, 0.1) is 18.3 Å². The van der Waals surface area contributed by atoms with Gasteiger partial charge in [-0.1, -0.05) is 0 Å². The number of rotatable bonds is 4. The smallest absolute Gasteiger partial charge is 0.272 e. The number of nitrogens with one attached hydrogen (secondary N) is 2. The number of amides is 1. The normalized spacial score (nSPS) is 24.4. The largest absolute Gasteiger partial charge is 0.393 e. The summed E-state index contributed by atoms with van der Waals surface area (Å²) in [5.41, 5.74) is 3.50. The molecule has 0 spiro atoms. The van der Waals surface area contributed by atoms with Crippen molar-refractivity contribution in [3.05, 3.63) is 34.9 Å². The number of aromatic nitrogens is 4. The van der Waals surface area contributed by atoms with Crippen molar-refractivity contribution in [2.45, 2.75) is 38.0 Å². The number of aromatic amines is 1. The molecule has 0 unspecified atom stereocenters. The number of H-pyrrole nitrogens is 1. The third-order valence-electron chi connectivity index (χ3n) is 5.33. The van der Waals surface area contributed by atoms with Crippen LogP contribution in [0, 0.1) is 5.92 Å². The van der Waals surface area contributed by atoms with Crippen molar-refractivity contribution in [3.63, 3.8) is 0 Å². The fourth-order valence-electron chi connectivity index (χ4n) is 3.80. The van der Waals surface area contributed by atoms with Crippen LogP contribution in [0.1, 0.15) is 46.2 Å². The molecule has 25 heavy (non-hydrogen) atoms. The Balaban J connectivity index is 1.56. The molecule has 1 aliphatic heterocycles. The van der Waals surface area contributed by atoms with Gasteiger partial charge < -0.3 is 15.3 Å². The first-order chi connectivity index (χ1) is 12.0. The average Bonchev–Trinajstić information content (AvgIpc) is 3.15. The number of hydrogen-bond acceptors (Lipinski definition) is 5. The van der Waals surface area contributed by atoms with Gasteiger partial charge in [-0.15, -0.1) is 0 Å². The first-order valence-electron chi connectivity index (χ1n) is 8.73. The van der Waals surface area contributed by atoms with Gasteiger partial charge in [-0.2, -0.15) is 10.2 Å². The minimum Gasteiger partial charge on any atom is -0.393 e. The van der Waals surface area contributed by atoms with E-state index in [1.165, 1.54) is 0 Å². The molecule has 3 N–H and O–H groups in total. The van der Waals surface area contributed by atoms with Gasteiger partial charge >= 0.3 is 0 Å². The minimum atomic E-state index is -0.270. The van der Waals surface area contributed by atoms with Crippen molar-refractivity contribution < 1.29 is 9.90 Å². The lowest BCUT2D eigenvalue weighted by Crippen LogP contribution is -2.41. The van der Waals surface area contributed by atoms with Gasteiger partial charge in [0.15, 0.2) is 5.69 Å². The summed E-state index contributed by atoms with van der Waals surface area (Å²) in [6.07, 6.45) is 5.70. The maximum Gasteiger partial charge on any atom is 0.272 e. The van der Waals surface area contributed by atoms with Crippen LogP contribution in [0.5, 0.6) is 0 Å². The van der Waals surface area contributed by atoms with Crippen LogP contribution in [0.3, 0.4) is 0 Å². The van der Waals surface area contributed by atoms with Gasteiger partial charge in [-0.3, -0.25) is 14.6 Å². The monoisotopic (exact) mass is 344 g/mol. The van der Waals surface area contributed by atoms with E-state index in [4.69, 9.17) is 0 Å². The summed E-state index contributed by atoms with van der Waals surface area (Å²) in [5, 5.41) is 24.3. The maximum absolute atomic E-state index is 12.9. The summed E-state index contributed by atoms with van der Waals surface area (Å²) in [6.45, 7) is 1.70. The molecular formula is C17H24N6O2. The number of carbonyl (C=O) groups excluding carboxylic acids is 1. The average molecular weight is 344 g/mol. The number of nitrogens with zero attached hydrogens (tertiary/aromatic N) is 4. The maximum atomic E-state index is 12.9. The molecule has 1 aliphatic carbocycles. The molecule has 2 aromatic heterocycles. The summed E-state index contributed by atoms with van der Waals surface area (Å²) in [4.78, 5) is 15.1. The molecule has 2 aromatic rings. The fraction of sp³-hybridized carbons (Fsp3) is 0.588. The number of fused-ring (bicyclic) bond motifs is 1. The van der Waals surface area contributed by atoms with Gasteiger partial charge in [0.25, 0.3) is 5.91 Å². The highest BCUT2D eigenvalue weighted by atomic mass is 16.3. The molecule has 8 nitrogen and oxygen atoms in total. The lowest BCUT2D eigenvalue weighted by molar-refractivity contribution is 0.0234. The van der Waals surface area contributed by atoms with Crippen molar-refractivity contribution in [1.29, 1.82) is 0 Å². The Morgan fingerprint density at radius 2 is 2.24 bits per heavy atom. The number of carbonyl (C=O) groups is 1. The quantitative estimate of drug-likeness (QED) is 0.744. The predicted molar refractivity (Wildman–Crippen MR) is 90.8 cm³/mol. The van der Waals surface area contributed by atoms with Crippen LogP contribution < -0.4 is 5.32 Å². The van der Waals surface area contributed by atoms with Crippen LogP contribution >= 0.6 is 0 Å². The van der Waals surface area contributed by atoms with Crippen LogP contribution in [0.15, 0.2) is 12.4 Å². The standard InChI is InChI=1S/C17H24N6O2/c1-22-4-3-14-13(9-22)16(21-20-14)17(25)19-15(10-5-12(24)6-10)11-7-18-23(2)8-11/h7-8,10,12,15,24H,3-6,9H2,1-2H3,(H,19,25)(H,20,21)/t10?,12?,15-/m1/s1. The van der Waals surface area contributed by atoms with Crippen LogP contribution in [-0.4, -0.2) is 55.6 Å². The second-order valence-corrected chi connectivity index (χ2v) is 7.30. The Morgan fingerprint density at radius 3 is 2.92 bits per heavy atom. The minimum absolute atomic E-state index is 0.154. The van der Waals surface area contributed by atoms with E-state index in [9.17, 15) is 9.90 Å². The third-order valence-corrected chi connectivity index (χ3v) is 5.33. The van der Waals surface area contributed by atoms with Gasteiger partial charge in [0.2, 0.25) is 0 Å². The molecule has 1 saturated carbocycles. The number of aliphatic hydroxyl groups is 1. The number of aryl methyl sites for hydroxylation is 1. The summed E-state index contributed by atoms with van der Waals surface area (Å²) in [5.74, 6) is 0.0589. The van der Waals surface area contributed by atoms with Gasteiger partial charge in [-0.05, 0) is 25.8 Å². The van der Waals surface area contributed by atoms with E-state index in [2.05, 4.69) is 25.5 Å². The molecule has 1 atom stereocenters. The van der Waals surface area contributed by atoms with E-state index in [-0.39, 0.29) is 24.0 Å². The van der Waals surface area contributed by atoms with E-state index in [0.29, 0.717) is 18.5 Å². The number of aliphatic hydroxyl groups excluding tert-OH is 1. The Labute approximate surface area is 146 Å². The summed E-state index contributed by atoms with van der Waals surface area (Å²) in [7, 11) is 3.91. The predicted octanol–water partition coefficient (Wildman–Crippen LogP) is 0.373. The lowest BCUT2D eigenvalue weighted by atomic mass is 9.75. The highest BCUT2D eigenvalue weighted by Crippen LogP contribution is 2.38. The molecule has 0 aromatic carbocycles. The van der Waals surface area contributed by atoms with E-state index in [1.54, 1.807) is 10.9 Å². The Kier molecular flexibility index (Phi) is 4.09. The molecule has 134 valence electrons. The molecule has 3 heterocycles. The van der Waals surface area contributed by atoms with Crippen molar-refractivity contribution in [2.24, 2.45) is 13.0 Å². The zero-order chi connectivity index (χ0) is 17.6. The molecular weight excluding hydrogens is 320 g/mol. The molecule has 1 fully saturated rings. The summed E-state index contributed by atoms with van der Waals surface area (Å²) >= 11 is 0. The third kappa shape index (κ3) is 3.07. The van der Waals surface area contributed by atoms with E-state index < -0.39 is 0 Å². The summed E-state index contributed by atoms with van der Waals surface area (Å²) < 4.78 is 1.73. The number of likely N-dealkylation sites (N-methyl/N-ethyl adjacent to an activating group) is 1. The lowest BCUT2D eigenvalue weighted by Gasteiger charge is -2.37. The van der Waals surface area contributed by atoms with Gasteiger partial charge in [-0.25, -0.2) is 0 Å². The Bertz CT molecular complexity index is 776. The van der Waals surface area contributed by atoms with E-state index >= 15 is 0 Å². The highest BCUT2D eigenvalue weighted by Gasteiger charge is 2.37. The molecule has 0 radical (unpaired) electrons. The Morgan fingerprint density at radius 1 is 1.44 bits per heavy atom. The van der Waals surface area contributed by atoms with Gasteiger partial charge in [0, 0.05) is 49.6 Å². The van der Waals surface area contributed by atoms with Gasteiger partial charge in [0.1, 0.15) is 0 Å². The first kappa shape index (κ1) is 16.3. The van der Waals surface area contributed by atoms with Crippen LogP contribution in [0.2, 0.25) is 0 Å². The van der Waals surface area contributed by atoms with Crippen molar-refractivity contribution in [2.75, 3.05) is 13.6 Å². The molecule has 2 aliphatic rings. The van der Waals surface area contributed by atoms with Crippen molar-refractivity contribution in [1.82, 2.24) is 30.2 Å². The highest BCUT2D eigenvalue weighted by molar-refractivity contribution is 5.94. The molecule has 1 amide bonds. The van der Waals surface area contributed by atoms with Crippen LogP contribution in [0.25, 0.3) is 0 Å². The SMILES string of the molecule is CN1CCc2[nH]nc(C(=O)N[C@@H](c3cnn(C)c3)C3CC(O)C3)c2C1. The molecule has 4 rings (SSSR count). The zero-order valence-corrected chi connectivity index (χ0v) is 14.6.